The summed E-state index contributed by atoms with van der Waals surface area (Å²) in [6.45, 7) is 3.99. The first-order valence-electron chi connectivity index (χ1n) is 7.07. The summed E-state index contributed by atoms with van der Waals surface area (Å²) in [4.78, 5) is 23.2. The number of Topliss-reactive ketones (excluding diaryl/α,β-unsaturated/α-hetero) is 1. The van der Waals surface area contributed by atoms with Gasteiger partial charge in [-0.3, -0.25) is 4.79 Å². The van der Waals surface area contributed by atoms with Crippen LogP contribution in [-0.2, 0) is 20.9 Å². The minimum atomic E-state index is -1.02. The van der Waals surface area contributed by atoms with Crippen LogP contribution in [-0.4, -0.2) is 29.0 Å². The van der Waals surface area contributed by atoms with Gasteiger partial charge in [-0.2, -0.15) is 0 Å². The largest absolute Gasteiger partial charge is 0.455 e. The molecule has 0 fully saturated rings. The van der Waals surface area contributed by atoms with E-state index in [1.54, 1.807) is 12.1 Å². The Balaban J connectivity index is 2.39. The lowest BCUT2D eigenvalue weighted by Crippen LogP contribution is -2.38. The predicted octanol–water partition coefficient (Wildman–Crippen LogP) is 1.42. The van der Waals surface area contributed by atoms with Crippen LogP contribution in [0, 0.1) is 5.92 Å². The molecule has 1 rings (SSSR count). The molecule has 0 saturated carbocycles. The molecule has 0 amide bonds. The van der Waals surface area contributed by atoms with Crippen LogP contribution in [0.4, 0.5) is 0 Å². The summed E-state index contributed by atoms with van der Waals surface area (Å²) in [6.07, 6.45) is -0.737. The molecule has 2 atom stereocenters. The number of carbonyl (C=O) groups excluding carboxylic acids is 2. The zero-order chi connectivity index (χ0) is 15.8. The van der Waals surface area contributed by atoms with Gasteiger partial charge in [0, 0.05) is 12.5 Å². The molecule has 116 valence electrons. The fourth-order valence-electron chi connectivity index (χ4n) is 1.93. The average molecular weight is 293 g/mol. The molecule has 5 nitrogen and oxygen atoms in total. The highest BCUT2D eigenvalue weighted by atomic mass is 16.5. The zero-order valence-electron chi connectivity index (χ0n) is 12.5. The van der Waals surface area contributed by atoms with Crippen LogP contribution in [0.3, 0.4) is 0 Å². The van der Waals surface area contributed by atoms with E-state index >= 15 is 0 Å². The number of aliphatic hydroxyl groups is 1. The molecule has 0 aliphatic rings. The predicted molar refractivity (Wildman–Crippen MR) is 79.3 cm³/mol. The standard InChI is InChI=1S/C16H23NO4/c1-11(2)8-13(17)14(18)9-15(19)16(20)21-10-12-6-4-3-5-7-12/h3-7,11,13-14,18H,8-10,17H2,1-2H3/t13-,14-/m0/s1. The minimum Gasteiger partial charge on any atom is -0.455 e. The molecule has 1 aromatic carbocycles. The zero-order valence-corrected chi connectivity index (χ0v) is 12.5. The lowest BCUT2D eigenvalue weighted by atomic mass is 9.97. The fourth-order valence-corrected chi connectivity index (χ4v) is 1.93. The Morgan fingerprint density at radius 3 is 2.43 bits per heavy atom. The van der Waals surface area contributed by atoms with Gasteiger partial charge in [-0.25, -0.2) is 4.79 Å². The van der Waals surface area contributed by atoms with Gasteiger partial charge in [-0.15, -0.1) is 0 Å². The third-order valence-electron chi connectivity index (χ3n) is 3.07. The third kappa shape index (κ3) is 6.51. The molecule has 0 saturated heterocycles. The number of benzene rings is 1. The van der Waals surface area contributed by atoms with E-state index in [1.807, 2.05) is 32.0 Å². The first-order chi connectivity index (χ1) is 9.90. The first-order valence-corrected chi connectivity index (χ1v) is 7.07. The number of nitrogens with two attached hydrogens (primary N) is 1. The van der Waals surface area contributed by atoms with Crippen molar-refractivity contribution in [3.63, 3.8) is 0 Å². The first kappa shape index (κ1) is 17.3. The van der Waals surface area contributed by atoms with E-state index in [1.165, 1.54) is 0 Å². The number of hydrogen-bond donors (Lipinski definition) is 2. The van der Waals surface area contributed by atoms with Crippen molar-refractivity contribution in [2.45, 2.75) is 45.4 Å². The summed E-state index contributed by atoms with van der Waals surface area (Å²) in [5.41, 5.74) is 6.58. The maximum atomic E-state index is 11.7. The highest BCUT2D eigenvalue weighted by molar-refractivity contribution is 6.33. The van der Waals surface area contributed by atoms with E-state index in [0.717, 1.165) is 5.56 Å². The smallest absolute Gasteiger partial charge is 0.375 e. The Bertz CT molecular complexity index is 459. The lowest BCUT2D eigenvalue weighted by molar-refractivity contribution is -0.155. The summed E-state index contributed by atoms with van der Waals surface area (Å²) in [5.74, 6) is -1.37. The highest BCUT2D eigenvalue weighted by Gasteiger charge is 2.24. The second-order valence-electron chi connectivity index (χ2n) is 5.55. The van der Waals surface area contributed by atoms with Crippen molar-refractivity contribution in [2.24, 2.45) is 11.7 Å². The van der Waals surface area contributed by atoms with Gasteiger partial charge in [0.25, 0.3) is 0 Å². The van der Waals surface area contributed by atoms with Crippen LogP contribution in [0.5, 0.6) is 0 Å². The van der Waals surface area contributed by atoms with E-state index in [0.29, 0.717) is 12.3 Å². The maximum absolute atomic E-state index is 11.7. The van der Waals surface area contributed by atoms with Crippen molar-refractivity contribution < 1.29 is 19.4 Å². The molecule has 0 heterocycles. The Morgan fingerprint density at radius 2 is 1.86 bits per heavy atom. The van der Waals surface area contributed by atoms with E-state index in [9.17, 15) is 14.7 Å². The third-order valence-corrected chi connectivity index (χ3v) is 3.07. The topological polar surface area (TPSA) is 89.6 Å². The van der Waals surface area contributed by atoms with Gasteiger partial charge in [-0.05, 0) is 17.9 Å². The molecule has 0 bridgehead atoms. The Hall–Kier alpha value is -1.72. The van der Waals surface area contributed by atoms with Crippen molar-refractivity contribution in [3.05, 3.63) is 35.9 Å². The second kappa shape index (κ2) is 8.54. The van der Waals surface area contributed by atoms with Gasteiger partial charge >= 0.3 is 5.97 Å². The summed E-state index contributed by atoms with van der Waals surface area (Å²) >= 11 is 0. The molecule has 0 aromatic heterocycles. The monoisotopic (exact) mass is 293 g/mol. The number of rotatable bonds is 8. The summed E-state index contributed by atoms with van der Waals surface area (Å²) in [5, 5.41) is 9.82. The van der Waals surface area contributed by atoms with Crippen LogP contribution in [0.15, 0.2) is 30.3 Å². The molecule has 21 heavy (non-hydrogen) atoms. The van der Waals surface area contributed by atoms with Crippen molar-refractivity contribution in [1.29, 1.82) is 0 Å². The average Bonchev–Trinajstić information content (AvgIpc) is 2.44. The normalized spacial score (nSPS) is 13.8. The van der Waals surface area contributed by atoms with E-state index in [2.05, 4.69) is 0 Å². The number of ketones is 1. The summed E-state index contributed by atoms with van der Waals surface area (Å²) in [6, 6.07) is 8.56. The molecular weight excluding hydrogens is 270 g/mol. The molecule has 3 N–H and O–H groups in total. The molecule has 0 aliphatic heterocycles. The van der Waals surface area contributed by atoms with Crippen LogP contribution in [0.1, 0.15) is 32.3 Å². The molecule has 0 radical (unpaired) electrons. The van der Waals surface area contributed by atoms with E-state index in [-0.39, 0.29) is 13.0 Å². The molecule has 0 aliphatic carbocycles. The number of ether oxygens (including phenoxy) is 1. The van der Waals surface area contributed by atoms with Gasteiger partial charge in [0.2, 0.25) is 5.78 Å². The molecule has 0 unspecified atom stereocenters. The number of carbonyl (C=O) groups is 2. The van der Waals surface area contributed by atoms with Gasteiger partial charge < -0.3 is 15.6 Å². The molecule has 1 aromatic rings. The van der Waals surface area contributed by atoms with Gasteiger partial charge in [0.1, 0.15) is 6.61 Å². The van der Waals surface area contributed by atoms with Crippen molar-refractivity contribution in [1.82, 2.24) is 0 Å². The van der Waals surface area contributed by atoms with Gasteiger partial charge in [-0.1, -0.05) is 44.2 Å². The quantitative estimate of drug-likeness (QED) is 0.559. The maximum Gasteiger partial charge on any atom is 0.375 e. The Kier molecular flexibility index (Phi) is 7.05. The van der Waals surface area contributed by atoms with E-state index in [4.69, 9.17) is 10.5 Å². The SMILES string of the molecule is CC(C)C[C@H](N)[C@@H](O)CC(=O)C(=O)OCc1ccccc1. The van der Waals surface area contributed by atoms with Gasteiger partial charge in [0.15, 0.2) is 0 Å². The minimum absolute atomic E-state index is 0.0412. The lowest BCUT2D eigenvalue weighted by Gasteiger charge is -2.19. The number of aliphatic hydroxyl groups excluding tert-OH is 1. The number of hydrogen-bond acceptors (Lipinski definition) is 5. The Labute approximate surface area is 125 Å². The van der Waals surface area contributed by atoms with Crippen molar-refractivity contribution in [2.75, 3.05) is 0 Å². The van der Waals surface area contributed by atoms with Crippen molar-refractivity contribution in [3.8, 4) is 0 Å². The molecule has 5 heteroatoms. The van der Waals surface area contributed by atoms with Crippen LogP contribution >= 0.6 is 0 Å². The fraction of sp³-hybridized carbons (Fsp3) is 0.500. The van der Waals surface area contributed by atoms with Crippen LogP contribution in [0.25, 0.3) is 0 Å². The van der Waals surface area contributed by atoms with Gasteiger partial charge in [0.05, 0.1) is 6.10 Å². The van der Waals surface area contributed by atoms with Crippen LogP contribution < -0.4 is 5.73 Å². The Morgan fingerprint density at radius 1 is 1.24 bits per heavy atom. The number of esters is 1. The summed E-state index contributed by atoms with van der Waals surface area (Å²) < 4.78 is 4.91. The van der Waals surface area contributed by atoms with Crippen LogP contribution in [0.2, 0.25) is 0 Å². The van der Waals surface area contributed by atoms with Crippen molar-refractivity contribution >= 4 is 11.8 Å². The highest BCUT2D eigenvalue weighted by Crippen LogP contribution is 2.09. The van der Waals surface area contributed by atoms with E-state index < -0.39 is 23.9 Å². The second-order valence-corrected chi connectivity index (χ2v) is 5.55. The molecule has 0 spiro atoms. The summed E-state index contributed by atoms with van der Waals surface area (Å²) in [7, 11) is 0. The molecular formula is C16H23NO4.